The second kappa shape index (κ2) is 10.8. The Hall–Kier alpha value is -6.12. The van der Waals surface area contributed by atoms with Crippen LogP contribution in [0.1, 0.15) is 0 Å². The summed E-state index contributed by atoms with van der Waals surface area (Å²) in [6.45, 7) is 0. The third-order valence-corrected chi connectivity index (χ3v) is 9.21. The van der Waals surface area contributed by atoms with Crippen LogP contribution in [0.5, 0.6) is 0 Å². The van der Waals surface area contributed by atoms with Gasteiger partial charge in [0.1, 0.15) is 0 Å². The summed E-state index contributed by atoms with van der Waals surface area (Å²) in [6, 6.07) is 56.5. The molecule has 0 amide bonds. The summed E-state index contributed by atoms with van der Waals surface area (Å²) < 4.78 is 0. The van der Waals surface area contributed by atoms with Gasteiger partial charge in [-0.05, 0) is 78.2 Å². The average molecular weight is 585 g/mol. The van der Waals surface area contributed by atoms with Crippen molar-refractivity contribution in [2.75, 3.05) is 0 Å². The molecule has 0 atom stereocenters. The normalized spacial score (nSPS) is 11.5. The van der Waals surface area contributed by atoms with Gasteiger partial charge in [-0.2, -0.15) is 0 Å². The number of fused-ring (bicyclic) bond motifs is 5. The Bertz CT molecular complexity index is 2370. The third-order valence-electron chi connectivity index (χ3n) is 9.21. The number of nitrogens with zero attached hydrogens (tertiary/aromatic N) is 2. The van der Waals surface area contributed by atoms with Crippen molar-refractivity contribution >= 4 is 43.4 Å². The van der Waals surface area contributed by atoms with Gasteiger partial charge in [0.25, 0.3) is 0 Å². The van der Waals surface area contributed by atoms with Crippen molar-refractivity contribution in [3.8, 4) is 44.5 Å². The van der Waals surface area contributed by atoms with E-state index in [9.17, 15) is 0 Å². The molecule has 214 valence electrons. The molecule has 0 aliphatic carbocycles. The summed E-state index contributed by atoms with van der Waals surface area (Å²) in [4.78, 5) is 9.70. The fraction of sp³-hybridized carbons (Fsp3) is 0. The Labute approximate surface area is 267 Å². The lowest BCUT2D eigenvalue weighted by Crippen LogP contribution is -1.91. The zero-order valence-corrected chi connectivity index (χ0v) is 25.1. The van der Waals surface area contributed by atoms with E-state index in [1.807, 2.05) is 12.4 Å². The molecule has 2 nitrogen and oxygen atoms in total. The van der Waals surface area contributed by atoms with E-state index < -0.39 is 0 Å². The van der Waals surface area contributed by atoms with Gasteiger partial charge < -0.3 is 0 Å². The Morgan fingerprint density at radius 1 is 0.261 bits per heavy atom. The van der Waals surface area contributed by atoms with Gasteiger partial charge in [0, 0.05) is 23.2 Å². The van der Waals surface area contributed by atoms with Crippen molar-refractivity contribution in [1.29, 1.82) is 0 Å². The minimum Gasteiger partial charge on any atom is -0.254 e. The predicted molar refractivity (Wildman–Crippen MR) is 194 cm³/mol. The standard InChI is InChI=1S/C44H28N2/c1-3-11-35-29(7-1)9-5-13-37(35)31-15-19-33(20-16-31)39-25-27-45-43-41(39)23-24-42-40(26-28-46-44(42)43)34-21-17-32(18-22-34)38-14-6-10-30-8-2-4-12-36(30)38/h1-28H. The van der Waals surface area contributed by atoms with Gasteiger partial charge in [-0.25, -0.2) is 0 Å². The highest BCUT2D eigenvalue weighted by Crippen LogP contribution is 2.37. The van der Waals surface area contributed by atoms with E-state index in [2.05, 4.69) is 158 Å². The fourth-order valence-corrected chi connectivity index (χ4v) is 6.94. The second-order valence-corrected chi connectivity index (χ2v) is 11.8. The summed E-state index contributed by atoms with van der Waals surface area (Å²) in [5.74, 6) is 0. The molecule has 9 aromatic rings. The zero-order chi connectivity index (χ0) is 30.5. The number of rotatable bonds is 4. The van der Waals surface area contributed by atoms with Crippen LogP contribution in [0.25, 0.3) is 87.9 Å². The molecule has 0 spiro atoms. The van der Waals surface area contributed by atoms with Gasteiger partial charge in [-0.1, -0.05) is 146 Å². The average Bonchev–Trinajstić information content (AvgIpc) is 3.14. The molecular formula is C44H28N2. The zero-order valence-electron chi connectivity index (χ0n) is 25.1. The van der Waals surface area contributed by atoms with Crippen LogP contribution in [0.15, 0.2) is 170 Å². The number of hydrogen-bond acceptors (Lipinski definition) is 2. The van der Waals surface area contributed by atoms with Crippen molar-refractivity contribution < 1.29 is 0 Å². The van der Waals surface area contributed by atoms with Gasteiger partial charge in [0.05, 0.1) is 11.0 Å². The number of benzene rings is 7. The number of hydrogen-bond donors (Lipinski definition) is 0. The number of aromatic nitrogens is 2. The van der Waals surface area contributed by atoms with Gasteiger partial charge in [0.2, 0.25) is 0 Å². The van der Waals surface area contributed by atoms with Crippen molar-refractivity contribution in [1.82, 2.24) is 9.97 Å². The van der Waals surface area contributed by atoms with Crippen LogP contribution < -0.4 is 0 Å². The second-order valence-electron chi connectivity index (χ2n) is 11.8. The largest absolute Gasteiger partial charge is 0.254 e. The summed E-state index contributed by atoms with van der Waals surface area (Å²) >= 11 is 0. The Kier molecular flexibility index (Phi) is 6.17. The highest BCUT2D eigenvalue weighted by molar-refractivity contribution is 6.12. The molecule has 9 rings (SSSR count). The van der Waals surface area contributed by atoms with E-state index in [0.29, 0.717) is 0 Å². The molecule has 2 heterocycles. The quantitative estimate of drug-likeness (QED) is 0.192. The molecule has 2 aromatic heterocycles. The summed E-state index contributed by atoms with van der Waals surface area (Å²) in [5, 5.41) is 7.24. The summed E-state index contributed by atoms with van der Waals surface area (Å²) in [6.07, 6.45) is 3.81. The smallest absolute Gasteiger partial charge is 0.0970 e. The third kappa shape index (κ3) is 4.35. The molecule has 0 saturated heterocycles. The first kappa shape index (κ1) is 26.3. The lowest BCUT2D eigenvalue weighted by Gasteiger charge is -2.13. The van der Waals surface area contributed by atoms with E-state index >= 15 is 0 Å². The van der Waals surface area contributed by atoms with Crippen LogP contribution in [-0.2, 0) is 0 Å². The van der Waals surface area contributed by atoms with Crippen molar-refractivity contribution in [3.05, 3.63) is 170 Å². The van der Waals surface area contributed by atoms with Crippen molar-refractivity contribution in [2.45, 2.75) is 0 Å². The van der Waals surface area contributed by atoms with Crippen molar-refractivity contribution in [2.24, 2.45) is 0 Å². The fourth-order valence-electron chi connectivity index (χ4n) is 6.94. The minimum absolute atomic E-state index is 0.919. The van der Waals surface area contributed by atoms with Crippen LogP contribution in [0.4, 0.5) is 0 Å². The van der Waals surface area contributed by atoms with Gasteiger partial charge in [-0.3, -0.25) is 9.97 Å². The van der Waals surface area contributed by atoms with Crippen LogP contribution >= 0.6 is 0 Å². The van der Waals surface area contributed by atoms with E-state index in [4.69, 9.17) is 9.97 Å². The molecule has 0 radical (unpaired) electrons. The predicted octanol–water partition coefficient (Wildman–Crippen LogP) is 11.8. The van der Waals surface area contributed by atoms with Crippen LogP contribution in [-0.4, -0.2) is 9.97 Å². The van der Waals surface area contributed by atoms with Crippen LogP contribution in [0, 0.1) is 0 Å². The maximum atomic E-state index is 4.85. The van der Waals surface area contributed by atoms with Crippen LogP contribution in [0.2, 0.25) is 0 Å². The molecule has 0 aliphatic heterocycles. The summed E-state index contributed by atoms with van der Waals surface area (Å²) in [7, 11) is 0. The molecule has 0 N–H and O–H groups in total. The molecular weight excluding hydrogens is 556 g/mol. The maximum absolute atomic E-state index is 4.85. The van der Waals surface area contributed by atoms with Gasteiger partial charge >= 0.3 is 0 Å². The maximum Gasteiger partial charge on any atom is 0.0970 e. The lowest BCUT2D eigenvalue weighted by atomic mass is 9.93. The topological polar surface area (TPSA) is 25.8 Å². The molecule has 0 unspecified atom stereocenters. The van der Waals surface area contributed by atoms with E-state index in [-0.39, 0.29) is 0 Å². The van der Waals surface area contributed by atoms with E-state index in [1.165, 1.54) is 43.8 Å². The minimum atomic E-state index is 0.919. The van der Waals surface area contributed by atoms with E-state index in [1.54, 1.807) is 0 Å². The highest BCUT2D eigenvalue weighted by atomic mass is 14.7. The molecule has 0 aliphatic rings. The molecule has 0 fully saturated rings. The SMILES string of the molecule is c1ccc2c(-c3ccc(-c4ccnc5c4ccc4c(-c6ccc(-c7cccc8ccccc78)cc6)ccnc45)cc3)cccc2c1. The lowest BCUT2D eigenvalue weighted by molar-refractivity contribution is 1.37. The van der Waals surface area contributed by atoms with Gasteiger partial charge in [0.15, 0.2) is 0 Å². The van der Waals surface area contributed by atoms with Gasteiger partial charge in [-0.15, -0.1) is 0 Å². The summed E-state index contributed by atoms with van der Waals surface area (Å²) in [5.41, 5.74) is 11.4. The van der Waals surface area contributed by atoms with Crippen molar-refractivity contribution in [3.63, 3.8) is 0 Å². The Morgan fingerprint density at radius 3 is 1.02 bits per heavy atom. The Balaban J connectivity index is 1.10. The monoisotopic (exact) mass is 584 g/mol. The molecule has 0 saturated carbocycles. The highest BCUT2D eigenvalue weighted by Gasteiger charge is 2.13. The van der Waals surface area contributed by atoms with E-state index in [0.717, 1.165) is 44.1 Å². The number of pyridine rings is 2. The van der Waals surface area contributed by atoms with Crippen LogP contribution in [0.3, 0.4) is 0 Å². The molecule has 2 heteroatoms. The molecule has 7 aromatic carbocycles. The molecule has 0 bridgehead atoms. The molecule has 46 heavy (non-hydrogen) atoms. The first-order valence-electron chi connectivity index (χ1n) is 15.7. The first-order chi connectivity index (χ1) is 22.8. The Morgan fingerprint density at radius 2 is 0.609 bits per heavy atom. The first-order valence-corrected chi connectivity index (χ1v) is 15.7.